The van der Waals surface area contributed by atoms with E-state index in [1.807, 2.05) is 24.3 Å². The van der Waals surface area contributed by atoms with E-state index in [4.69, 9.17) is 14.2 Å². The summed E-state index contributed by atoms with van der Waals surface area (Å²) in [6.45, 7) is 7.09. The van der Waals surface area contributed by atoms with Crippen molar-refractivity contribution in [2.24, 2.45) is 0 Å². The minimum atomic E-state index is -0.666. The number of unbranched alkanes of at least 4 members (excludes halogenated alkanes) is 6. The second-order valence-electron chi connectivity index (χ2n) is 9.26. The summed E-state index contributed by atoms with van der Waals surface area (Å²) in [6.07, 6.45) is 12.3. The standard InChI is InChI=1S/C32H42O5/c1-4-7-8-9-10-11-12-25-35-28-20-15-26(16-21-28)17-24-31(33)36-30-22-18-27(19-23-30)32(34)37-29(13-5-2)14-6-3/h15-16,18-23,29H,4-14,25H2,1-3H3. The number of ether oxygens (including phenoxy) is 3. The summed E-state index contributed by atoms with van der Waals surface area (Å²) in [6, 6.07) is 13.7. The fraction of sp³-hybridized carbons (Fsp3) is 0.500. The first-order chi connectivity index (χ1) is 18.0. The van der Waals surface area contributed by atoms with E-state index >= 15 is 0 Å². The molecule has 0 spiro atoms. The van der Waals surface area contributed by atoms with E-state index in [2.05, 4.69) is 32.6 Å². The van der Waals surface area contributed by atoms with Gasteiger partial charge in [0.1, 0.15) is 17.6 Å². The van der Waals surface area contributed by atoms with Crippen molar-refractivity contribution in [3.05, 3.63) is 59.7 Å². The van der Waals surface area contributed by atoms with E-state index in [0.717, 1.165) is 37.9 Å². The van der Waals surface area contributed by atoms with Crippen LogP contribution in [-0.2, 0) is 9.53 Å². The van der Waals surface area contributed by atoms with Gasteiger partial charge in [0.2, 0.25) is 0 Å². The molecular weight excluding hydrogens is 464 g/mol. The molecule has 200 valence electrons. The lowest BCUT2D eigenvalue weighted by atomic mass is 10.1. The number of benzene rings is 2. The monoisotopic (exact) mass is 506 g/mol. The molecule has 0 aromatic heterocycles. The first kappa shape index (κ1) is 30.0. The summed E-state index contributed by atoms with van der Waals surface area (Å²) < 4.78 is 16.7. The smallest absolute Gasteiger partial charge is 0.390 e. The minimum absolute atomic E-state index is 0.0685. The third-order valence-corrected chi connectivity index (χ3v) is 5.98. The molecule has 0 atom stereocenters. The lowest BCUT2D eigenvalue weighted by Gasteiger charge is -2.16. The van der Waals surface area contributed by atoms with Crippen LogP contribution in [0.4, 0.5) is 0 Å². The molecule has 0 saturated carbocycles. The Kier molecular flexibility index (Phi) is 14.6. The van der Waals surface area contributed by atoms with Gasteiger partial charge in [0.25, 0.3) is 0 Å². The number of hydrogen-bond acceptors (Lipinski definition) is 5. The maximum absolute atomic E-state index is 12.4. The highest BCUT2D eigenvalue weighted by Gasteiger charge is 2.15. The minimum Gasteiger partial charge on any atom is -0.494 e. The molecule has 0 fully saturated rings. The van der Waals surface area contributed by atoms with Crippen LogP contribution in [0.3, 0.4) is 0 Å². The van der Waals surface area contributed by atoms with E-state index in [9.17, 15) is 9.59 Å². The first-order valence-electron chi connectivity index (χ1n) is 13.8. The zero-order valence-corrected chi connectivity index (χ0v) is 22.7. The molecule has 0 unspecified atom stereocenters. The maximum atomic E-state index is 12.4. The molecule has 5 nitrogen and oxygen atoms in total. The Morgan fingerprint density at radius 2 is 1.32 bits per heavy atom. The van der Waals surface area contributed by atoms with Crippen LogP contribution in [0.15, 0.2) is 48.5 Å². The zero-order chi connectivity index (χ0) is 26.7. The molecule has 0 N–H and O–H groups in total. The highest BCUT2D eigenvalue weighted by Crippen LogP contribution is 2.17. The van der Waals surface area contributed by atoms with E-state index in [1.165, 1.54) is 38.5 Å². The molecule has 0 bridgehead atoms. The van der Waals surface area contributed by atoms with Crippen molar-refractivity contribution in [3.8, 4) is 23.3 Å². The van der Waals surface area contributed by atoms with Crippen LogP contribution >= 0.6 is 0 Å². The maximum Gasteiger partial charge on any atom is 0.390 e. The summed E-state index contributed by atoms with van der Waals surface area (Å²) in [5, 5.41) is 0. The fourth-order valence-corrected chi connectivity index (χ4v) is 3.92. The molecule has 0 amide bonds. The first-order valence-corrected chi connectivity index (χ1v) is 13.8. The van der Waals surface area contributed by atoms with Crippen LogP contribution in [0.1, 0.15) is 107 Å². The largest absolute Gasteiger partial charge is 0.494 e. The van der Waals surface area contributed by atoms with Crippen molar-refractivity contribution in [1.29, 1.82) is 0 Å². The summed E-state index contributed by atoms with van der Waals surface area (Å²) in [4.78, 5) is 24.5. The highest BCUT2D eigenvalue weighted by atomic mass is 16.5. The van der Waals surface area contributed by atoms with Crippen molar-refractivity contribution >= 4 is 11.9 Å². The third-order valence-electron chi connectivity index (χ3n) is 5.98. The molecule has 2 rings (SSSR count). The average Bonchev–Trinajstić information content (AvgIpc) is 2.90. The number of hydrogen-bond donors (Lipinski definition) is 0. The van der Waals surface area contributed by atoms with Gasteiger partial charge in [-0.3, -0.25) is 0 Å². The van der Waals surface area contributed by atoms with Gasteiger partial charge in [-0.15, -0.1) is 0 Å². The molecule has 0 heterocycles. The summed E-state index contributed by atoms with van der Waals surface area (Å²) >= 11 is 0. The van der Waals surface area contributed by atoms with Crippen LogP contribution < -0.4 is 9.47 Å². The average molecular weight is 507 g/mol. The second-order valence-corrected chi connectivity index (χ2v) is 9.26. The quantitative estimate of drug-likeness (QED) is 0.100. The molecule has 0 aliphatic heterocycles. The van der Waals surface area contributed by atoms with Crippen molar-refractivity contribution in [1.82, 2.24) is 0 Å². The summed E-state index contributed by atoms with van der Waals surface area (Å²) in [5.74, 6) is 5.40. The van der Waals surface area contributed by atoms with Gasteiger partial charge in [-0.2, -0.15) is 0 Å². The lowest BCUT2D eigenvalue weighted by molar-refractivity contribution is -0.128. The van der Waals surface area contributed by atoms with E-state index < -0.39 is 5.97 Å². The van der Waals surface area contributed by atoms with Crippen LogP contribution in [0.5, 0.6) is 11.5 Å². The van der Waals surface area contributed by atoms with Gasteiger partial charge in [0, 0.05) is 11.5 Å². The number of esters is 2. The third kappa shape index (κ3) is 12.5. The Hall–Kier alpha value is -3.26. The van der Waals surface area contributed by atoms with Crippen LogP contribution in [0.25, 0.3) is 0 Å². The Balaban J connectivity index is 1.75. The topological polar surface area (TPSA) is 61.8 Å². The molecule has 2 aromatic rings. The van der Waals surface area contributed by atoms with E-state index in [-0.39, 0.29) is 12.1 Å². The van der Waals surface area contributed by atoms with E-state index in [0.29, 0.717) is 23.5 Å². The lowest BCUT2D eigenvalue weighted by Crippen LogP contribution is -2.18. The normalized spacial score (nSPS) is 10.5. The van der Waals surface area contributed by atoms with Gasteiger partial charge >= 0.3 is 11.9 Å². The molecule has 37 heavy (non-hydrogen) atoms. The SMILES string of the molecule is CCCCCCCCCOc1ccc(C#CC(=O)Oc2ccc(C(=O)OC(CCC)CCC)cc2)cc1. The van der Waals surface area contributed by atoms with Gasteiger partial charge < -0.3 is 14.2 Å². The van der Waals surface area contributed by atoms with Crippen LogP contribution in [0.2, 0.25) is 0 Å². The number of rotatable bonds is 16. The molecule has 2 aromatic carbocycles. The molecule has 0 aliphatic carbocycles. The Labute approximate surface area is 222 Å². The molecule has 0 saturated heterocycles. The van der Waals surface area contributed by atoms with Gasteiger partial charge in [-0.25, -0.2) is 9.59 Å². The molecule has 0 aliphatic rings. The molecule has 5 heteroatoms. The molecular formula is C32H42O5. The van der Waals surface area contributed by atoms with Crippen molar-refractivity contribution < 1.29 is 23.8 Å². The highest BCUT2D eigenvalue weighted by molar-refractivity contribution is 5.92. The Bertz CT molecular complexity index is 977. The predicted octanol–water partition coefficient (Wildman–Crippen LogP) is 7.90. The number of carbonyl (C=O) groups is 2. The van der Waals surface area contributed by atoms with Crippen LogP contribution in [-0.4, -0.2) is 24.6 Å². The van der Waals surface area contributed by atoms with Crippen molar-refractivity contribution in [2.75, 3.05) is 6.61 Å². The van der Waals surface area contributed by atoms with Crippen molar-refractivity contribution in [2.45, 2.75) is 97.5 Å². The Morgan fingerprint density at radius 1 is 0.730 bits per heavy atom. The van der Waals surface area contributed by atoms with Gasteiger partial charge in [0.05, 0.1) is 12.2 Å². The van der Waals surface area contributed by atoms with Gasteiger partial charge in [0.15, 0.2) is 0 Å². The summed E-state index contributed by atoms with van der Waals surface area (Å²) in [5.41, 5.74) is 1.13. The van der Waals surface area contributed by atoms with E-state index in [1.54, 1.807) is 24.3 Å². The summed E-state index contributed by atoms with van der Waals surface area (Å²) in [7, 11) is 0. The number of carbonyl (C=O) groups excluding carboxylic acids is 2. The fourth-order valence-electron chi connectivity index (χ4n) is 3.92. The Morgan fingerprint density at radius 3 is 1.95 bits per heavy atom. The van der Waals surface area contributed by atoms with Crippen molar-refractivity contribution in [3.63, 3.8) is 0 Å². The zero-order valence-electron chi connectivity index (χ0n) is 22.7. The van der Waals surface area contributed by atoms with Crippen LogP contribution in [0, 0.1) is 11.8 Å². The second kappa shape index (κ2) is 18.1. The van der Waals surface area contributed by atoms with Gasteiger partial charge in [-0.1, -0.05) is 78.1 Å². The predicted molar refractivity (Wildman–Crippen MR) is 148 cm³/mol. The van der Waals surface area contributed by atoms with Gasteiger partial charge in [-0.05, 0) is 67.8 Å². The molecule has 0 radical (unpaired) electrons.